The van der Waals surface area contributed by atoms with Crippen LogP contribution in [0.1, 0.15) is 31.7 Å². The first-order valence-corrected chi connectivity index (χ1v) is 7.53. The van der Waals surface area contributed by atoms with E-state index < -0.39 is 0 Å². The molecule has 0 spiro atoms. The van der Waals surface area contributed by atoms with Crippen LogP contribution < -0.4 is 5.32 Å². The topological polar surface area (TPSA) is 48.3 Å². The number of methoxy groups -OCH3 is 1. The number of hydrogen-bond donors (Lipinski definition) is 1. The van der Waals surface area contributed by atoms with Crippen LogP contribution in [0, 0.1) is 0 Å². The molecule has 1 heterocycles. The molecule has 1 N–H and O–H groups in total. The molecule has 0 bridgehead atoms. The van der Waals surface area contributed by atoms with Crippen molar-refractivity contribution in [1.29, 1.82) is 0 Å². The molecular formula is C15H29N3O2. The van der Waals surface area contributed by atoms with E-state index in [0.29, 0.717) is 19.3 Å². The molecule has 1 aromatic heterocycles. The van der Waals surface area contributed by atoms with Gasteiger partial charge in [0.05, 0.1) is 18.9 Å². The summed E-state index contributed by atoms with van der Waals surface area (Å²) < 4.78 is 12.5. The molecule has 0 aliphatic rings. The molecule has 0 fully saturated rings. The summed E-state index contributed by atoms with van der Waals surface area (Å²) in [5, 5.41) is 8.03. The lowest BCUT2D eigenvalue weighted by Crippen LogP contribution is -2.33. The predicted octanol–water partition coefficient (Wildman–Crippen LogP) is 1.56. The molecular weight excluding hydrogens is 254 g/mol. The number of rotatable bonds is 11. The molecule has 0 radical (unpaired) electrons. The van der Waals surface area contributed by atoms with Crippen molar-refractivity contribution in [2.75, 3.05) is 33.5 Å². The maximum absolute atomic E-state index is 5.56. The second-order valence-electron chi connectivity index (χ2n) is 4.96. The summed E-state index contributed by atoms with van der Waals surface area (Å²) in [7, 11) is 3.71. The van der Waals surface area contributed by atoms with E-state index in [4.69, 9.17) is 9.47 Å². The highest BCUT2D eigenvalue weighted by Crippen LogP contribution is 2.09. The van der Waals surface area contributed by atoms with E-state index >= 15 is 0 Å². The lowest BCUT2D eigenvalue weighted by Gasteiger charge is -2.18. The first-order chi connectivity index (χ1) is 9.71. The molecule has 0 aliphatic carbocycles. The number of nitrogens with zero attached hydrogens (tertiary/aromatic N) is 2. The predicted molar refractivity (Wildman–Crippen MR) is 81.1 cm³/mol. The molecule has 1 atom stereocenters. The van der Waals surface area contributed by atoms with E-state index in [-0.39, 0.29) is 0 Å². The molecule has 0 saturated heterocycles. The molecule has 20 heavy (non-hydrogen) atoms. The number of likely N-dealkylation sites (N-methyl/N-ethyl adjacent to an activating group) is 1. The van der Waals surface area contributed by atoms with Crippen LogP contribution in [0.3, 0.4) is 0 Å². The van der Waals surface area contributed by atoms with E-state index in [2.05, 4.69) is 30.3 Å². The van der Waals surface area contributed by atoms with E-state index in [9.17, 15) is 0 Å². The zero-order valence-corrected chi connectivity index (χ0v) is 13.3. The Morgan fingerprint density at radius 2 is 2.10 bits per heavy atom. The van der Waals surface area contributed by atoms with Crippen molar-refractivity contribution >= 4 is 0 Å². The van der Waals surface area contributed by atoms with Crippen LogP contribution in [0.4, 0.5) is 0 Å². The maximum Gasteiger partial charge on any atom is 0.0700 e. The van der Waals surface area contributed by atoms with Crippen molar-refractivity contribution in [1.82, 2.24) is 15.1 Å². The lowest BCUT2D eigenvalue weighted by atomic mass is 10.1. The van der Waals surface area contributed by atoms with Gasteiger partial charge in [-0.1, -0.05) is 13.8 Å². The van der Waals surface area contributed by atoms with E-state index in [1.165, 1.54) is 5.69 Å². The summed E-state index contributed by atoms with van der Waals surface area (Å²) in [6.07, 6.45) is 2.98. The minimum atomic E-state index is 0.433. The van der Waals surface area contributed by atoms with Crippen LogP contribution in [-0.2, 0) is 29.4 Å². The van der Waals surface area contributed by atoms with Crippen molar-refractivity contribution in [3.63, 3.8) is 0 Å². The van der Waals surface area contributed by atoms with Crippen molar-refractivity contribution in [3.05, 3.63) is 17.5 Å². The Labute approximate surface area is 122 Å². The Hall–Kier alpha value is -0.910. The van der Waals surface area contributed by atoms with E-state index in [1.807, 2.05) is 11.7 Å². The monoisotopic (exact) mass is 283 g/mol. The van der Waals surface area contributed by atoms with Gasteiger partial charge < -0.3 is 14.8 Å². The van der Waals surface area contributed by atoms with Gasteiger partial charge in [0.25, 0.3) is 0 Å². The van der Waals surface area contributed by atoms with Gasteiger partial charge >= 0.3 is 0 Å². The Kier molecular flexibility index (Phi) is 8.49. The number of nitrogens with one attached hydrogen (secondary N) is 1. The summed E-state index contributed by atoms with van der Waals surface area (Å²) in [4.78, 5) is 0. The average molecular weight is 283 g/mol. The molecule has 1 aromatic rings. The molecule has 5 nitrogen and oxygen atoms in total. The smallest absolute Gasteiger partial charge is 0.0700 e. The fourth-order valence-corrected chi connectivity index (χ4v) is 2.22. The van der Waals surface area contributed by atoms with Gasteiger partial charge in [-0.15, -0.1) is 0 Å². The molecule has 0 amide bonds. The van der Waals surface area contributed by atoms with Crippen molar-refractivity contribution in [2.45, 2.75) is 39.2 Å². The van der Waals surface area contributed by atoms with Crippen LogP contribution in [0.5, 0.6) is 0 Å². The third-order valence-electron chi connectivity index (χ3n) is 3.38. The minimum absolute atomic E-state index is 0.433. The molecule has 1 rings (SSSR count). The van der Waals surface area contributed by atoms with Crippen LogP contribution in [-0.4, -0.2) is 49.3 Å². The third kappa shape index (κ3) is 6.03. The zero-order valence-electron chi connectivity index (χ0n) is 13.3. The maximum atomic E-state index is 5.56. The SMILES string of the molecule is CCNC(CCOCCOC)Cc1cc(CC)nn1C. The van der Waals surface area contributed by atoms with Crippen molar-refractivity contribution in [2.24, 2.45) is 7.05 Å². The second-order valence-corrected chi connectivity index (χ2v) is 4.96. The number of ether oxygens (including phenoxy) is 2. The average Bonchev–Trinajstić information content (AvgIpc) is 2.79. The van der Waals surface area contributed by atoms with Gasteiger partial charge in [-0.05, 0) is 25.5 Å². The van der Waals surface area contributed by atoms with Crippen molar-refractivity contribution < 1.29 is 9.47 Å². The molecule has 0 aliphatic heterocycles. The Balaban J connectivity index is 2.42. The quantitative estimate of drug-likeness (QED) is 0.626. The van der Waals surface area contributed by atoms with Gasteiger partial charge in [0.2, 0.25) is 0 Å². The van der Waals surface area contributed by atoms with Crippen molar-refractivity contribution in [3.8, 4) is 0 Å². The van der Waals surface area contributed by atoms with Gasteiger partial charge in [-0.2, -0.15) is 5.10 Å². The minimum Gasteiger partial charge on any atom is -0.382 e. The van der Waals surface area contributed by atoms with E-state index in [0.717, 1.165) is 38.1 Å². The highest BCUT2D eigenvalue weighted by atomic mass is 16.5. The molecule has 0 saturated carbocycles. The lowest BCUT2D eigenvalue weighted by molar-refractivity contribution is 0.0658. The summed E-state index contributed by atoms with van der Waals surface area (Å²) in [6, 6.07) is 2.64. The fraction of sp³-hybridized carbons (Fsp3) is 0.800. The fourth-order valence-electron chi connectivity index (χ4n) is 2.22. The highest BCUT2D eigenvalue weighted by Gasteiger charge is 2.12. The molecule has 116 valence electrons. The summed E-state index contributed by atoms with van der Waals surface area (Å²) in [6.45, 7) is 7.34. The standard InChI is InChI=1S/C15H29N3O2/c1-5-13-11-15(18(3)17-13)12-14(16-6-2)7-8-20-10-9-19-4/h11,14,16H,5-10,12H2,1-4H3. The number of hydrogen-bond acceptors (Lipinski definition) is 4. The number of aromatic nitrogens is 2. The van der Waals surface area contributed by atoms with Gasteiger partial charge in [-0.25, -0.2) is 0 Å². The summed E-state index contributed by atoms with van der Waals surface area (Å²) in [5.74, 6) is 0. The van der Waals surface area contributed by atoms with Crippen LogP contribution >= 0.6 is 0 Å². The van der Waals surface area contributed by atoms with Crippen LogP contribution in [0.25, 0.3) is 0 Å². The highest BCUT2D eigenvalue weighted by molar-refractivity contribution is 5.11. The van der Waals surface area contributed by atoms with Crippen LogP contribution in [0.15, 0.2) is 6.07 Å². The largest absolute Gasteiger partial charge is 0.382 e. The van der Waals surface area contributed by atoms with E-state index in [1.54, 1.807) is 7.11 Å². The summed E-state index contributed by atoms with van der Waals surface area (Å²) >= 11 is 0. The third-order valence-corrected chi connectivity index (χ3v) is 3.38. The van der Waals surface area contributed by atoms with Crippen LogP contribution in [0.2, 0.25) is 0 Å². The van der Waals surface area contributed by atoms with Gasteiger partial charge in [0.1, 0.15) is 0 Å². The summed E-state index contributed by atoms with van der Waals surface area (Å²) in [5.41, 5.74) is 2.44. The Morgan fingerprint density at radius 1 is 1.30 bits per heavy atom. The first kappa shape index (κ1) is 17.1. The second kappa shape index (κ2) is 9.91. The normalized spacial score (nSPS) is 12.8. The Bertz CT molecular complexity index is 366. The van der Waals surface area contributed by atoms with Gasteiger partial charge in [0, 0.05) is 38.9 Å². The molecule has 5 heteroatoms. The first-order valence-electron chi connectivity index (χ1n) is 7.53. The molecule has 0 aromatic carbocycles. The zero-order chi connectivity index (χ0) is 14.8. The Morgan fingerprint density at radius 3 is 2.70 bits per heavy atom. The molecule has 1 unspecified atom stereocenters. The number of aryl methyl sites for hydroxylation is 2. The van der Waals surface area contributed by atoms with Gasteiger partial charge in [-0.3, -0.25) is 4.68 Å². The van der Waals surface area contributed by atoms with Gasteiger partial charge in [0.15, 0.2) is 0 Å².